The van der Waals surface area contributed by atoms with Crippen LogP contribution in [0, 0.1) is 6.92 Å². The molecule has 0 atom stereocenters. The molecule has 0 amide bonds. The SMILES string of the molecule is Cc1sccc1Nc1nnc(N(C)CCc2cc(Nc3nnc(N(C)C)[nH]3)cs2)[nH]1. The van der Waals surface area contributed by atoms with Crippen molar-refractivity contribution in [3.63, 3.8) is 0 Å². The lowest BCUT2D eigenvalue weighted by atomic mass is 10.3. The number of likely N-dealkylation sites (N-methyl/N-ethyl adjacent to an activating group) is 1. The van der Waals surface area contributed by atoms with Gasteiger partial charge in [-0.15, -0.1) is 43.1 Å². The molecule has 0 fully saturated rings. The van der Waals surface area contributed by atoms with Gasteiger partial charge in [-0.3, -0.25) is 9.97 Å². The van der Waals surface area contributed by atoms with Gasteiger partial charge in [-0.05, 0) is 30.9 Å². The number of aromatic amines is 2. The Labute approximate surface area is 182 Å². The van der Waals surface area contributed by atoms with E-state index in [9.17, 15) is 0 Å². The molecule has 30 heavy (non-hydrogen) atoms. The van der Waals surface area contributed by atoms with Gasteiger partial charge in [-0.1, -0.05) is 0 Å². The van der Waals surface area contributed by atoms with E-state index in [0.29, 0.717) is 17.8 Å². The Morgan fingerprint density at radius 1 is 0.967 bits per heavy atom. The molecule has 10 nitrogen and oxygen atoms in total. The number of H-pyrrole nitrogens is 2. The van der Waals surface area contributed by atoms with Crippen LogP contribution in [-0.2, 0) is 6.42 Å². The van der Waals surface area contributed by atoms with Gasteiger partial charge in [-0.2, -0.15) is 0 Å². The lowest BCUT2D eigenvalue weighted by Crippen LogP contribution is -2.21. The van der Waals surface area contributed by atoms with Crippen LogP contribution in [0.3, 0.4) is 0 Å². The molecular weight excluding hydrogens is 420 g/mol. The quantitative estimate of drug-likeness (QED) is 0.310. The highest BCUT2D eigenvalue weighted by atomic mass is 32.1. The number of hydrogen-bond acceptors (Lipinski definition) is 10. The van der Waals surface area contributed by atoms with Gasteiger partial charge in [-0.25, -0.2) is 0 Å². The predicted molar refractivity (Wildman–Crippen MR) is 124 cm³/mol. The van der Waals surface area contributed by atoms with Crippen LogP contribution in [0.5, 0.6) is 0 Å². The number of hydrogen-bond donors (Lipinski definition) is 4. The van der Waals surface area contributed by atoms with Crippen LogP contribution in [0.4, 0.5) is 35.2 Å². The third-order valence-corrected chi connectivity index (χ3v) is 6.30. The maximum atomic E-state index is 4.25. The van der Waals surface area contributed by atoms with Crippen molar-refractivity contribution in [3.8, 4) is 0 Å². The molecule has 0 saturated heterocycles. The molecule has 4 aromatic rings. The van der Waals surface area contributed by atoms with Gasteiger partial charge in [0.2, 0.25) is 23.8 Å². The molecule has 0 bridgehead atoms. The van der Waals surface area contributed by atoms with E-state index in [1.165, 1.54) is 9.75 Å². The van der Waals surface area contributed by atoms with E-state index in [-0.39, 0.29) is 0 Å². The smallest absolute Gasteiger partial charge is 0.227 e. The van der Waals surface area contributed by atoms with Gasteiger partial charge in [0, 0.05) is 42.8 Å². The summed E-state index contributed by atoms with van der Waals surface area (Å²) in [4.78, 5) is 12.8. The van der Waals surface area contributed by atoms with Gasteiger partial charge >= 0.3 is 0 Å². The Morgan fingerprint density at radius 2 is 1.70 bits per heavy atom. The van der Waals surface area contributed by atoms with Gasteiger partial charge in [0.05, 0.1) is 11.4 Å². The second-order valence-corrected chi connectivity index (χ2v) is 9.12. The summed E-state index contributed by atoms with van der Waals surface area (Å²) in [5, 5.41) is 27.3. The van der Waals surface area contributed by atoms with E-state index in [1.807, 2.05) is 32.1 Å². The first-order valence-electron chi connectivity index (χ1n) is 9.37. The van der Waals surface area contributed by atoms with Crippen LogP contribution in [0.1, 0.15) is 9.75 Å². The topological polar surface area (TPSA) is 114 Å². The average Bonchev–Trinajstić information content (AvgIpc) is 3.50. The maximum Gasteiger partial charge on any atom is 0.227 e. The zero-order valence-electron chi connectivity index (χ0n) is 17.2. The molecule has 4 rings (SSSR count). The Kier molecular flexibility index (Phi) is 5.86. The second kappa shape index (κ2) is 8.71. The lowest BCUT2D eigenvalue weighted by Gasteiger charge is -2.14. The van der Waals surface area contributed by atoms with Gasteiger partial charge in [0.15, 0.2) is 0 Å². The second-order valence-electron chi connectivity index (χ2n) is 7.00. The Balaban J connectivity index is 1.30. The first-order chi connectivity index (χ1) is 14.5. The van der Waals surface area contributed by atoms with Crippen molar-refractivity contribution in [3.05, 3.63) is 32.6 Å². The lowest BCUT2D eigenvalue weighted by molar-refractivity contribution is 0.848. The number of nitrogens with one attached hydrogen (secondary N) is 4. The fraction of sp³-hybridized carbons (Fsp3) is 0.333. The Morgan fingerprint density at radius 3 is 2.40 bits per heavy atom. The summed E-state index contributed by atoms with van der Waals surface area (Å²) in [6.07, 6.45) is 0.898. The van der Waals surface area contributed by atoms with E-state index in [1.54, 1.807) is 22.7 Å². The van der Waals surface area contributed by atoms with Crippen LogP contribution in [-0.4, -0.2) is 58.1 Å². The molecule has 4 N–H and O–H groups in total. The van der Waals surface area contributed by atoms with Crippen molar-refractivity contribution in [2.45, 2.75) is 13.3 Å². The summed E-state index contributed by atoms with van der Waals surface area (Å²) in [6, 6.07) is 4.16. The van der Waals surface area contributed by atoms with Crippen LogP contribution in [0.15, 0.2) is 22.9 Å². The molecule has 4 heterocycles. The summed E-state index contributed by atoms with van der Waals surface area (Å²) in [6.45, 7) is 2.89. The number of nitrogens with zero attached hydrogens (tertiary/aromatic N) is 6. The molecule has 0 aliphatic carbocycles. The number of anilines is 6. The van der Waals surface area contributed by atoms with Crippen molar-refractivity contribution in [1.29, 1.82) is 0 Å². The highest BCUT2D eigenvalue weighted by Gasteiger charge is 2.11. The fourth-order valence-corrected chi connectivity index (χ4v) is 4.20. The number of aromatic nitrogens is 6. The fourth-order valence-electron chi connectivity index (χ4n) is 2.73. The zero-order chi connectivity index (χ0) is 21.1. The number of aryl methyl sites for hydroxylation is 1. The Hall–Kier alpha value is -3.12. The molecule has 0 saturated carbocycles. The summed E-state index contributed by atoms with van der Waals surface area (Å²) in [7, 11) is 5.84. The maximum absolute atomic E-state index is 4.25. The van der Waals surface area contributed by atoms with Crippen molar-refractivity contribution in [2.75, 3.05) is 48.1 Å². The number of rotatable bonds is 9. The highest BCUT2D eigenvalue weighted by Crippen LogP contribution is 2.25. The summed E-state index contributed by atoms with van der Waals surface area (Å²) in [5.74, 6) is 2.72. The zero-order valence-corrected chi connectivity index (χ0v) is 18.9. The van der Waals surface area contributed by atoms with Crippen LogP contribution < -0.4 is 20.4 Å². The summed E-state index contributed by atoms with van der Waals surface area (Å²) < 4.78 is 0. The van der Waals surface area contributed by atoms with E-state index in [2.05, 4.69) is 69.6 Å². The van der Waals surface area contributed by atoms with Gasteiger partial charge < -0.3 is 20.4 Å². The average molecular weight is 445 g/mol. The van der Waals surface area contributed by atoms with E-state index in [4.69, 9.17) is 0 Å². The van der Waals surface area contributed by atoms with Gasteiger partial charge in [0.25, 0.3) is 0 Å². The minimum absolute atomic E-state index is 0.628. The highest BCUT2D eigenvalue weighted by molar-refractivity contribution is 7.10. The molecule has 0 spiro atoms. The monoisotopic (exact) mass is 444 g/mol. The van der Waals surface area contributed by atoms with Crippen LogP contribution >= 0.6 is 22.7 Å². The molecule has 0 radical (unpaired) electrons. The first kappa shape index (κ1) is 20.2. The summed E-state index contributed by atoms with van der Waals surface area (Å²) in [5.41, 5.74) is 2.05. The van der Waals surface area contributed by atoms with Crippen molar-refractivity contribution < 1.29 is 0 Å². The molecule has 0 aliphatic rings. The van der Waals surface area contributed by atoms with Crippen molar-refractivity contribution in [2.24, 2.45) is 0 Å². The minimum atomic E-state index is 0.628. The normalized spacial score (nSPS) is 10.9. The number of thiophene rings is 2. The van der Waals surface area contributed by atoms with Crippen molar-refractivity contribution >= 4 is 57.8 Å². The minimum Gasteiger partial charge on any atom is -0.347 e. The molecular formula is C18H24N10S2. The van der Waals surface area contributed by atoms with Crippen LogP contribution in [0.25, 0.3) is 0 Å². The van der Waals surface area contributed by atoms with E-state index >= 15 is 0 Å². The Bertz CT molecular complexity index is 1090. The van der Waals surface area contributed by atoms with Crippen LogP contribution in [0.2, 0.25) is 0 Å². The largest absolute Gasteiger partial charge is 0.347 e. The molecule has 0 aromatic carbocycles. The molecule has 12 heteroatoms. The first-order valence-corrected chi connectivity index (χ1v) is 11.1. The summed E-state index contributed by atoms with van der Waals surface area (Å²) >= 11 is 3.41. The van der Waals surface area contributed by atoms with Gasteiger partial charge in [0.1, 0.15) is 0 Å². The molecule has 0 unspecified atom stereocenters. The predicted octanol–water partition coefficient (Wildman–Crippen LogP) is 3.59. The third kappa shape index (κ3) is 4.71. The van der Waals surface area contributed by atoms with Crippen molar-refractivity contribution in [1.82, 2.24) is 30.4 Å². The standard InChI is InChI=1S/C18H24N10S2/c1-11-14(6-8-29-11)20-16-22-18(26-24-16)28(4)7-5-13-9-12(10-30-13)19-15-21-17(25-23-15)27(2)3/h6,8-10H,5,7H2,1-4H3,(H2,19,21,23,25)(H2,20,22,24,26). The van der Waals surface area contributed by atoms with E-state index < -0.39 is 0 Å². The molecule has 4 aromatic heterocycles. The van der Waals surface area contributed by atoms with E-state index in [0.717, 1.165) is 30.3 Å². The third-order valence-electron chi connectivity index (χ3n) is 4.46. The molecule has 0 aliphatic heterocycles. The molecule has 158 valence electrons.